The molecule has 5 nitrogen and oxygen atoms in total. The van der Waals surface area contributed by atoms with E-state index in [1.807, 2.05) is 12.3 Å². The standard InChI is InChI=1S/C13H20N4OS/c1-4-5-14-9(2)6-12-16-11(17-18-12)7-13-15-10(3)8-19-13/h8-9,14H,4-7H2,1-3H3. The molecule has 0 amide bonds. The van der Waals surface area contributed by atoms with Gasteiger partial charge in [0.1, 0.15) is 5.01 Å². The molecule has 0 fully saturated rings. The number of nitrogens with one attached hydrogen (secondary N) is 1. The lowest BCUT2D eigenvalue weighted by Crippen LogP contribution is -2.28. The fourth-order valence-electron chi connectivity index (χ4n) is 1.79. The van der Waals surface area contributed by atoms with Crippen LogP contribution < -0.4 is 5.32 Å². The molecule has 1 atom stereocenters. The Kier molecular flexibility index (Phi) is 5.04. The van der Waals surface area contributed by atoms with Crippen LogP contribution in [0.25, 0.3) is 0 Å². The normalized spacial score (nSPS) is 12.8. The fraction of sp³-hybridized carbons (Fsp3) is 0.615. The van der Waals surface area contributed by atoms with Crippen LogP contribution in [0, 0.1) is 6.92 Å². The summed E-state index contributed by atoms with van der Waals surface area (Å²) in [6.07, 6.45) is 2.55. The minimum atomic E-state index is 0.357. The van der Waals surface area contributed by atoms with Gasteiger partial charge in [-0.25, -0.2) is 4.98 Å². The number of aromatic nitrogens is 3. The van der Waals surface area contributed by atoms with Gasteiger partial charge in [0.15, 0.2) is 5.82 Å². The Bertz CT molecular complexity index is 508. The zero-order valence-corrected chi connectivity index (χ0v) is 12.5. The third kappa shape index (κ3) is 4.40. The maximum absolute atomic E-state index is 5.27. The number of nitrogens with zero attached hydrogens (tertiary/aromatic N) is 3. The molecule has 104 valence electrons. The van der Waals surface area contributed by atoms with E-state index in [2.05, 4.69) is 34.3 Å². The van der Waals surface area contributed by atoms with Crippen molar-refractivity contribution in [1.82, 2.24) is 20.4 Å². The van der Waals surface area contributed by atoms with Crippen LogP contribution in [0.3, 0.4) is 0 Å². The van der Waals surface area contributed by atoms with Crippen molar-refractivity contribution >= 4 is 11.3 Å². The topological polar surface area (TPSA) is 63.8 Å². The summed E-state index contributed by atoms with van der Waals surface area (Å²) in [5.74, 6) is 1.41. The molecule has 19 heavy (non-hydrogen) atoms. The van der Waals surface area contributed by atoms with E-state index in [1.165, 1.54) is 0 Å². The predicted octanol–water partition coefficient (Wildman–Crippen LogP) is 2.36. The van der Waals surface area contributed by atoms with E-state index < -0.39 is 0 Å². The summed E-state index contributed by atoms with van der Waals surface area (Å²) in [7, 11) is 0. The van der Waals surface area contributed by atoms with Gasteiger partial charge in [0, 0.05) is 23.5 Å². The van der Waals surface area contributed by atoms with Crippen molar-refractivity contribution in [2.24, 2.45) is 0 Å². The molecular formula is C13H20N4OS. The van der Waals surface area contributed by atoms with Crippen LogP contribution in [0.5, 0.6) is 0 Å². The average Bonchev–Trinajstić information content (AvgIpc) is 2.97. The van der Waals surface area contributed by atoms with Gasteiger partial charge in [-0.15, -0.1) is 11.3 Å². The first-order valence-electron chi connectivity index (χ1n) is 6.63. The molecule has 0 radical (unpaired) electrons. The number of hydrogen-bond acceptors (Lipinski definition) is 6. The molecule has 0 aliphatic rings. The Morgan fingerprint density at radius 2 is 2.26 bits per heavy atom. The van der Waals surface area contributed by atoms with Crippen LogP contribution in [0.2, 0.25) is 0 Å². The van der Waals surface area contributed by atoms with Crippen LogP contribution in [-0.2, 0) is 12.8 Å². The smallest absolute Gasteiger partial charge is 0.228 e. The van der Waals surface area contributed by atoms with Crippen molar-refractivity contribution in [3.8, 4) is 0 Å². The summed E-state index contributed by atoms with van der Waals surface area (Å²) in [4.78, 5) is 8.81. The van der Waals surface area contributed by atoms with E-state index in [0.717, 1.165) is 30.1 Å². The van der Waals surface area contributed by atoms with E-state index in [0.29, 0.717) is 24.2 Å². The van der Waals surface area contributed by atoms with Gasteiger partial charge in [0.05, 0.1) is 6.42 Å². The second-order valence-electron chi connectivity index (χ2n) is 4.72. The summed E-state index contributed by atoms with van der Waals surface area (Å²) >= 11 is 1.63. The van der Waals surface area contributed by atoms with Crippen LogP contribution in [0.15, 0.2) is 9.90 Å². The lowest BCUT2D eigenvalue weighted by atomic mass is 10.2. The van der Waals surface area contributed by atoms with Crippen LogP contribution in [0.4, 0.5) is 0 Å². The highest BCUT2D eigenvalue weighted by atomic mass is 32.1. The van der Waals surface area contributed by atoms with Gasteiger partial charge in [-0.05, 0) is 26.8 Å². The molecule has 2 aromatic rings. The highest BCUT2D eigenvalue weighted by molar-refractivity contribution is 7.09. The van der Waals surface area contributed by atoms with Crippen molar-refractivity contribution in [2.45, 2.75) is 46.1 Å². The molecular weight excluding hydrogens is 260 g/mol. The molecule has 0 aromatic carbocycles. The number of aryl methyl sites for hydroxylation is 1. The van der Waals surface area contributed by atoms with Crippen molar-refractivity contribution in [3.63, 3.8) is 0 Å². The first-order valence-corrected chi connectivity index (χ1v) is 7.51. The van der Waals surface area contributed by atoms with E-state index in [4.69, 9.17) is 4.52 Å². The molecule has 0 aliphatic heterocycles. The summed E-state index contributed by atoms with van der Waals surface area (Å²) in [6, 6.07) is 0.357. The summed E-state index contributed by atoms with van der Waals surface area (Å²) in [6.45, 7) is 7.29. The lowest BCUT2D eigenvalue weighted by Gasteiger charge is -2.09. The molecule has 0 saturated heterocycles. The molecule has 0 spiro atoms. The largest absolute Gasteiger partial charge is 0.339 e. The summed E-state index contributed by atoms with van der Waals surface area (Å²) in [5, 5.41) is 10.5. The van der Waals surface area contributed by atoms with Crippen LogP contribution in [0.1, 0.15) is 42.7 Å². The first kappa shape index (κ1) is 14.1. The maximum Gasteiger partial charge on any atom is 0.228 e. The van der Waals surface area contributed by atoms with E-state index in [-0.39, 0.29) is 0 Å². The second kappa shape index (κ2) is 6.77. The highest BCUT2D eigenvalue weighted by Crippen LogP contribution is 2.13. The van der Waals surface area contributed by atoms with Gasteiger partial charge in [0.2, 0.25) is 5.89 Å². The Balaban J connectivity index is 1.88. The van der Waals surface area contributed by atoms with E-state index in [9.17, 15) is 0 Å². The second-order valence-corrected chi connectivity index (χ2v) is 5.67. The molecule has 1 unspecified atom stereocenters. The molecule has 0 bridgehead atoms. The molecule has 2 rings (SSSR count). The van der Waals surface area contributed by atoms with Crippen LogP contribution in [-0.4, -0.2) is 27.7 Å². The Morgan fingerprint density at radius 3 is 2.95 bits per heavy atom. The van der Waals surface area contributed by atoms with Gasteiger partial charge in [-0.3, -0.25) is 0 Å². The third-order valence-corrected chi connectivity index (χ3v) is 3.68. The monoisotopic (exact) mass is 280 g/mol. The molecule has 6 heteroatoms. The Morgan fingerprint density at radius 1 is 1.42 bits per heavy atom. The number of thiazole rings is 1. The zero-order valence-electron chi connectivity index (χ0n) is 11.6. The molecule has 0 saturated carbocycles. The van der Waals surface area contributed by atoms with Crippen molar-refractivity contribution in [2.75, 3.05) is 6.54 Å². The van der Waals surface area contributed by atoms with E-state index in [1.54, 1.807) is 11.3 Å². The van der Waals surface area contributed by atoms with Gasteiger partial charge >= 0.3 is 0 Å². The Labute approximate surface area is 117 Å². The molecule has 0 aliphatic carbocycles. The quantitative estimate of drug-likeness (QED) is 0.843. The molecule has 1 N–H and O–H groups in total. The zero-order chi connectivity index (χ0) is 13.7. The number of hydrogen-bond donors (Lipinski definition) is 1. The minimum Gasteiger partial charge on any atom is -0.339 e. The van der Waals surface area contributed by atoms with Gasteiger partial charge in [-0.2, -0.15) is 4.98 Å². The van der Waals surface area contributed by atoms with Gasteiger partial charge < -0.3 is 9.84 Å². The molecule has 2 heterocycles. The van der Waals surface area contributed by atoms with Crippen LogP contribution >= 0.6 is 11.3 Å². The SMILES string of the molecule is CCCNC(C)Cc1nc(Cc2nc(C)cs2)no1. The van der Waals surface area contributed by atoms with Crippen molar-refractivity contribution < 1.29 is 4.52 Å². The maximum atomic E-state index is 5.27. The molecule has 2 aromatic heterocycles. The first-order chi connectivity index (χ1) is 9.17. The third-order valence-electron chi connectivity index (χ3n) is 2.71. The van der Waals surface area contributed by atoms with Crippen molar-refractivity contribution in [3.05, 3.63) is 27.8 Å². The summed E-state index contributed by atoms with van der Waals surface area (Å²) < 4.78 is 5.27. The van der Waals surface area contributed by atoms with Gasteiger partial charge in [-0.1, -0.05) is 12.1 Å². The Hall–Kier alpha value is -1.27. The van der Waals surface area contributed by atoms with Gasteiger partial charge in [0.25, 0.3) is 0 Å². The highest BCUT2D eigenvalue weighted by Gasteiger charge is 2.11. The predicted molar refractivity (Wildman–Crippen MR) is 75.4 cm³/mol. The fourth-order valence-corrected chi connectivity index (χ4v) is 2.56. The average molecular weight is 280 g/mol. The van der Waals surface area contributed by atoms with Crippen molar-refractivity contribution in [1.29, 1.82) is 0 Å². The lowest BCUT2D eigenvalue weighted by molar-refractivity contribution is 0.358. The minimum absolute atomic E-state index is 0.357. The number of rotatable bonds is 7. The summed E-state index contributed by atoms with van der Waals surface area (Å²) in [5.41, 5.74) is 1.04. The van der Waals surface area contributed by atoms with E-state index >= 15 is 0 Å².